The van der Waals surface area contributed by atoms with Crippen LogP contribution in [0.4, 0.5) is 10.5 Å². The van der Waals surface area contributed by atoms with Crippen molar-refractivity contribution >= 4 is 34.7 Å². The molecule has 5 rings (SSSR count). The minimum atomic E-state index is -0.778. The Bertz CT molecular complexity index is 1180. The van der Waals surface area contributed by atoms with Gasteiger partial charge in [-0.2, -0.15) is 0 Å². The van der Waals surface area contributed by atoms with Gasteiger partial charge in [0.1, 0.15) is 0 Å². The lowest BCUT2D eigenvalue weighted by atomic mass is 9.85. The molecular weight excluding hydrogens is 460 g/mol. The highest BCUT2D eigenvalue weighted by Crippen LogP contribution is 2.41. The molecule has 9 nitrogen and oxygen atoms in total. The zero-order valence-electron chi connectivity index (χ0n) is 21.4. The molecule has 2 aromatic rings. The quantitative estimate of drug-likeness (QED) is 0.654. The Morgan fingerprint density at radius 2 is 1.83 bits per heavy atom. The van der Waals surface area contributed by atoms with Crippen LogP contribution in [0.25, 0.3) is 11.0 Å². The van der Waals surface area contributed by atoms with Gasteiger partial charge >= 0.3 is 12.1 Å². The van der Waals surface area contributed by atoms with E-state index in [2.05, 4.69) is 0 Å². The average Bonchev–Trinajstić information content (AvgIpc) is 3.55. The largest absolute Gasteiger partial charge is 0.481 e. The highest BCUT2D eigenvalue weighted by Gasteiger charge is 2.36. The standard InChI is InChI=1S/C27H36N4O5/c1-16-11-12-20-21(30(16)27(35)36-3)13-14-22-23(20)28-24(25(32)29(2)18-8-4-5-9-18)31(22)19-10-6-7-17(15-19)26(33)34/h13-14,16-19H,4-12,15H2,1-3H3,(H,33,34)/t16-,17+,19+/m0/s1. The predicted molar refractivity (Wildman–Crippen MR) is 135 cm³/mol. The van der Waals surface area contributed by atoms with Gasteiger partial charge in [-0.1, -0.05) is 19.3 Å². The summed E-state index contributed by atoms with van der Waals surface area (Å²) in [6.45, 7) is 2.00. The van der Waals surface area contributed by atoms with Crippen LogP contribution in [0.2, 0.25) is 0 Å². The van der Waals surface area contributed by atoms with Gasteiger partial charge in [-0.25, -0.2) is 9.78 Å². The first kappa shape index (κ1) is 24.6. The average molecular weight is 497 g/mol. The molecule has 2 saturated carbocycles. The van der Waals surface area contributed by atoms with Gasteiger partial charge in [0, 0.05) is 30.7 Å². The van der Waals surface area contributed by atoms with Crippen LogP contribution >= 0.6 is 0 Å². The van der Waals surface area contributed by atoms with Crippen molar-refractivity contribution in [3.05, 3.63) is 23.5 Å². The molecule has 1 N–H and O–H groups in total. The molecule has 0 spiro atoms. The summed E-state index contributed by atoms with van der Waals surface area (Å²) >= 11 is 0. The maximum atomic E-state index is 13.9. The van der Waals surface area contributed by atoms with Crippen molar-refractivity contribution < 1.29 is 24.2 Å². The maximum absolute atomic E-state index is 13.9. The summed E-state index contributed by atoms with van der Waals surface area (Å²) < 4.78 is 7.07. The molecular formula is C27H36N4O5. The van der Waals surface area contributed by atoms with Gasteiger partial charge in [0.2, 0.25) is 5.82 Å². The number of hydrogen-bond acceptors (Lipinski definition) is 5. The Morgan fingerprint density at radius 1 is 1.08 bits per heavy atom. The number of nitrogens with zero attached hydrogens (tertiary/aromatic N) is 4. The Morgan fingerprint density at radius 3 is 2.53 bits per heavy atom. The van der Waals surface area contributed by atoms with E-state index in [-0.39, 0.29) is 24.0 Å². The third-order valence-electron chi connectivity index (χ3n) is 8.57. The number of carboxylic acid groups (broad SMARTS) is 1. The Hall–Kier alpha value is -3.10. The molecule has 0 saturated heterocycles. The predicted octanol–water partition coefficient (Wildman–Crippen LogP) is 4.77. The molecule has 3 atom stereocenters. The molecule has 0 bridgehead atoms. The number of rotatable bonds is 4. The zero-order chi connectivity index (χ0) is 25.6. The molecule has 0 radical (unpaired) electrons. The molecule has 2 aliphatic carbocycles. The first-order valence-corrected chi connectivity index (χ1v) is 13.2. The van der Waals surface area contributed by atoms with Crippen LogP contribution in [0.1, 0.15) is 86.9 Å². The van der Waals surface area contributed by atoms with E-state index in [0.29, 0.717) is 18.7 Å². The number of aromatic nitrogens is 2. The number of amides is 2. The van der Waals surface area contributed by atoms with Crippen LogP contribution in [-0.2, 0) is 16.0 Å². The first-order chi connectivity index (χ1) is 17.3. The summed E-state index contributed by atoms with van der Waals surface area (Å²) in [6, 6.07) is 3.95. The van der Waals surface area contributed by atoms with Gasteiger partial charge in [-0.3, -0.25) is 14.5 Å². The molecule has 9 heteroatoms. The van der Waals surface area contributed by atoms with E-state index in [9.17, 15) is 19.5 Å². The summed E-state index contributed by atoms with van der Waals surface area (Å²) in [5.74, 6) is -0.935. The fourth-order valence-electron chi connectivity index (χ4n) is 6.53. The molecule has 1 aromatic carbocycles. The van der Waals surface area contributed by atoms with E-state index in [0.717, 1.165) is 73.7 Å². The normalized spacial score (nSPS) is 24.5. The van der Waals surface area contributed by atoms with Crippen LogP contribution in [-0.4, -0.2) is 63.8 Å². The molecule has 3 aliphatic rings. The lowest BCUT2D eigenvalue weighted by Gasteiger charge is -2.34. The maximum Gasteiger partial charge on any atom is 0.414 e. The van der Waals surface area contributed by atoms with Crippen LogP contribution in [0.3, 0.4) is 0 Å². The van der Waals surface area contributed by atoms with Crippen molar-refractivity contribution in [3.63, 3.8) is 0 Å². The molecule has 2 fully saturated rings. The molecule has 1 aromatic heterocycles. The van der Waals surface area contributed by atoms with Crippen LogP contribution in [0.5, 0.6) is 0 Å². The smallest absolute Gasteiger partial charge is 0.414 e. The molecule has 194 valence electrons. The number of aliphatic carboxylic acids is 1. The van der Waals surface area contributed by atoms with Crippen molar-refractivity contribution in [3.8, 4) is 0 Å². The minimum absolute atomic E-state index is 0.00578. The molecule has 36 heavy (non-hydrogen) atoms. The van der Waals surface area contributed by atoms with Crippen molar-refractivity contribution in [2.45, 2.75) is 89.3 Å². The number of fused-ring (bicyclic) bond motifs is 3. The van der Waals surface area contributed by atoms with E-state index in [1.165, 1.54) is 7.11 Å². The van der Waals surface area contributed by atoms with Gasteiger partial charge < -0.3 is 19.3 Å². The van der Waals surface area contributed by atoms with Crippen LogP contribution < -0.4 is 4.90 Å². The number of anilines is 1. The van der Waals surface area contributed by atoms with Crippen LogP contribution in [0, 0.1) is 5.92 Å². The number of aryl methyl sites for hydroxylation is 1. The van der Waals surface area contributed by atoms with Gasteiger partial charge in [-0.05, 0) is 64.0 Å². The van der Waals surface area contributed by atoms with Gasteiger partial charge in [0.25, 0.3) is 5.91 Å². The number of carbonyl (C=O) groups excluding carboxylic acids is 2. The van der Waals surface area contributed by atoms with E-state index in [1.807, 2.05) is 35.6 Å². The molecule has 0 unspecified atom stereocenters. The molecule has 1 aliphatic heterocycles. The lowest BCUT2D eigenvalue weighted by molar-refractivity contribution is -0.143. The topological polar surface area (TPSA) is 105 Å². The summed E-state index contributed by atoms with van der Waals surface area (Å²) in [6.07, 6.45) is 8.09. The van der Waals surface area contributed by atoms with E-state index < -0.39 is 18.0 Å². The minimum Gasteiger partial charge on any atom is -0.481 e. The van der Waals surface area contributed by atoms with E-state index in [4.69, 9.17) is 9.72 Å². The number of carboxylic acids is 1. The third kappa shape index (κ3) is 4.12. The SMILES string of the molecule is COC(=O)N1c2ccc3c(nc(C(=O)N(C)C4CCCC4)n3[C@@H]3CCC[C@@H](C(=O)O)C3)c2CC[C@@H]1C. The number of ether oxygens (including phenoxy) is 1. The van der Waals surface area contributed by atoms with E-state index >= 15 is 0 Å². The summed E-state index contributed by atoms with van der Waals surface area (Å²) in [5, 5.41) is 9.72. The lowest BCUT2D eigenvalue weighted by Crippen LogP contribution is -2.42. The third-order valence-corrected chi connectivity index (χ3v) is 8.57. The van der Waals surface area contributed by atoms with Crippen molar-refractivity contribution in [1.29, 1.82) is 0 Å². The Labute approximate surface area is 211 Å². The number of methoxy groups -OCH3 is 1. The highest BCUT2D eigenvalue weighted by molar-refractivity contribution is 5.99. The second-order valence-electron chi connectivity index (χ2n) is 10.7. The van der Waals surface area contributed by atoms with Gasteiger partial charge in [0.15, 0.2) is 0 Å². The van der Waals surface area contributed by atoms with Crippen LogP contribution in [0.15, 0.2) is 12.1 Å². The number of carbonyl (C=O) groups is 3. The molecule has 2 heterocycles. The fourth-order valence-corrected chi connectivity index (χ4v) is 6.53. The second kappa shape index (κ2) is 9.75. The Kier molecular flexibility index (Phi) is 6.66. The zero-order valence-corrected chi connectivity index (χ0v) is 21.4. The first-order valence-electron chi connectivity index (χ1n) is 13.2. The van der Waals surface area contributed by atoms with Crippen molar-refractivity contribution in [2.75, 3.05) is 19.1 Å². The fraction of sp³-hybridized carbons (Fsp3) is 0.630. The Balaban J connectivity index is 1.65. The summed E-state index contributed by atoms with van der Waals surface area (Å²) in [4.78, 5) is 46.8. The summed E-state index contributed by atoms with van der Waals surface area (Å²) in [5.41, 5.74) is 3.28. The number of imidazole rings is 1. The van der Waals surface area contributed by atoms with Gasteiger partial charge in [-0.15, -0.1) is 0 Å². The monoisotopic (exact) mass is 496 g/mol. The number of benzene rings is 1. The number of hydrogen-bond donors (Lipinski definition) is 1. The molecule has 2 amide bonds. The summed E-state index contributed by atoms with van der Waals surface area (Å²) in [7, 11) is 3.24. The second-order valence-corrected chi connectivity index (χ2v) is 10.7. The highest BCUT2D eigenvalue weighted by atomic mass is 16.5. The van der Waals surface area contributed by atoms with Gasteiger partial charge in [0.05, 0.1) is 29.7 Å². The van der Waals surface area contributed by atoms with Crippen molar-refractivity contribution in [1.82, 2.24) is 14.5 Å². The van der Waals surface area contributed by atoms with E-state index in [1.54, 1.807) is 4.90 Å². The van der Waals surface area contributed by atoms with Crippen molar-refractivity contribution in [2.24, 2.45) is 5.92 Å².